The molecule has 1 aromatic carbocycles. The minimum absolute atomic E-state index is 0.157. The van der Waals surface area contributed by atoms with Crippen molar-refractivity contribution >= 4 is 29.8 Å². The topological polar surface area (TPSA) is 77.6 Å². The number of aromatic nitrogens is 1. The lowest BCUT2D eigenvalue weighted by atomic mass is 9.77. The van der Waals surface area contributed by atoms with E-state index in [1.165, 1.54) is 0 Å². The maximum absolute atomic E-state index is 9.84. The van der Waals surface area contributed by atoms with Crippen molar-refractivity contribution in [3.63, 3.8) is 0 Å². The Hall–Kier alpha value is -1.89. The van der Waals surface area contributed by atoms with Gasteiger partial charge in [-0.25, -0.2) is 4.98 Å². The number of pyridine rings is 1. The molecule has 0 radical (unpaired) electrons. The summed E-state index contributed by atoms with van der Waals surface area (Å²) in [6.45, 7) is 7.80. The maximum atomic E-state index is 9.84. The fourth-order valence-corrected chi connectivity index (χ4v) is 2.73. The zero-order valence-corrected chi connectivity index (χ0v) is 14.5. The average molecular weight is 326 g/mol. The summed E-state index contributed by atoms with van der Waals surface area (Å²) >= 11 is 0. The monoisotopic (exact) mass is 326 g/mol. The van der Waals surface area contributed by atoms with Crippen molar-refractivity contribution in [3.8, 4) is 0 Å². The first-order valence-electron chi connectivity index (χ1n) is 8.05. The molecule has 24 heavy (non-hydrogen) atoms. The molecule has 1 aliphatic rings. The van der Waals surface area contributed by atoms with Gasteiger partial charge in [0, 0.05) is 17.1 Å². The molecular weight excluding hydrogens is 303 g/mol. The summed E-state index contributed by atoms with van der Waals surface area (Å²) in [6.07, 6.45) is 3.58. The number of rotatable bonds is 3. The Kier molecular flexibility index (Phi) is 4.15. The third-order valence-electron chi connectivity index (χ3n) is 4.94. The molecule has 6 heteroatoms. The molecular formula is C18H23BN2O3. The molecule has 1 saturated heterocycles. The molecule has 0 spiro atoms. The van der Waals surface area contributed by atoms with Crippen molar-refractivity contribution in [2.75, 3.05) is 12.3 Å². The highest BCUT2D eigenvalue weighted by Gasteiger charge is 2.52. The number of benzene rings is 1. The Morgan fingerprint density at radius 2 is 1.75 bits per heavy atom. The Labute approximate surface area is 142 Å². The molecule has 0 unspecified atom stereocenters. The predicted octanol–water partition coefficient (Wildman–Crippen LogP) is 2.82. The van der Waals surface area contributed by atoms with E-state index in [9.17, 15) is 5.11 Å². The van der Waals surface area contributed by atoms with E-state index in [-0.39, 0.29) is 6.61 Å². The van der Waals surface area contributed by atoms with E-state index in [1.54, 1.807) is 6.20 Å². The highest BCUT2D eigenvalue weighted by molar-refractivity contribution is 6.55. The van der Waals surface area contributed by atoms with Gasteiger partial charge in [0.25, 0.3) is 0 Å². The molecule has 2 aromatic rings. The number of hydrogen-bond donors (Lipinski definition) is 2. The van der Waals surface area contributed by atoms with Gasteiger partial charge in [-0.2, -0.15) is 0 Å². The quantitative estimate of drug-likeness (QED) is 0.848. The Balaban J connectivity index is 2.03. The minimum atomic E-state index is -0.587. The van der Waals surface area contributed by atoms with Gasteiger partial charge >= 0.3 is 7.12 Å². The van der Waals surface area contributed by atoms with E-state index >= 15 is 0 Å². The summed E-state index contributed by atoms with van der Waals surface area (Å²) in [7, 11) is -0.587. The van der Waals surface area contributed by atoms with Gasteiger partial charge in [-0.15, -0.1) is 0 Å². The lowest BCUT2D eigenvalue weighted by Crippen LogP contribution is -2.41. The van der Waals surface area contributed by atoms with Crippen LogP contribution in [0.3, 0.4) is 0 Å². The zero-order chi connectivity index (χ0) is 17.5. The van der Waals surface area contributed by atoms with Crippen LogP contribution in [0.15, 0.2) is 35.9 Å². The fourth-order valence-electron chi connectivity index (χ4n) is 2.73. The first-order chi connectivity index (χ1) is 11.2. The minimum Gasteiger partial charge on any atom is -0.400 e. The summed E-state index contributed by atoms with van der Waals surface area (Å²) in [5.74, 6) is 0.490. The van der Waals surface area contributed by atoms with Gasteiger partial charge in [0.15, 0.2) is 0 Å². The van der Waals surface area contributed by atoms with Crippen LogP contribution in [-0.4, -0.2) is 35.0 Å². The van der Waals surface area contributed by atoms with Crippen LogP contribution in [0.1, 0.15) is 33.3 Å². The van der Waals surface area contributed by atoms with Crippen LogP contribution in [0.25, 0.3) is 16.8 Å². The van der Waals surface area contributed by atoms with Crippen LogP contribution in [0.5, 0.6) is 0 Å². The van der Waals surface area contributed by atoms with E-state index in [0.717, 1.165) is 16.3 Å². The molecule has 3 N–H and O–H groups in total. The number of nitrogens with two attached hydrogens (primary N) is 1. The molecule has 0 amide bonds. The smallest absolute Gasteiger partial charge is 0.400 e. The van der Waals surface area contributed by atoms with Crippen molar-refractivity contribution < 1.29 is 14.4 Å². The summed E-state index contributed by atoms with van der Waals surface area (Å²) in [6, 6.07) is 7.79. The Bertz CT molecular complexity index is 786. The molecule has 3 rings (SSSR count). The lowest BCUT2D eigenvalue weighted by molar-refractivity contribution is 0.00578. The highest BCUT2D eigenvalue weighted by atomic mass is 16.7. The number of nitrogen functional groups attached to an aromatic ring is 1. The average Bonchev–Trinajstić information content (AvgIpc) is 2.75. The second kappa shape index (κ2) is 5.88. The van der Waals surface area contributed by atoms with Crippen molar-refractivity contribution in [1.82, 2.24) is 4.98 Å². The third kappa shape index (κ3) is 2.81. The van der Waals surface area contributed by atoms with E-state index < -0.39 is 18.3 Å². The van der Waals surface area contributed by atoms with Gasteiger partial charge < -0.3 is 20.1 Å². The van der Waals surface area contributed by atoms with Crippen molar-refractivity contribution in [3.05, 3.63) is 41.5 Å². The molecule has 5 nitrogen and oxygen atoms in total. The van der Waals surface area contributed by atoms with Gasteiger partial charge in [-0.05, 0) is 38.6 Å². The molecule has 1 aliphatic heterocycles. The number of nitrogens with zero attached hydrogens (tertiary/aromatic N) is 1. The largest absolute Gasteiger partial charge is 0.492 e. The fraction of sp³-hybridized carbons (Fsp3) is 0.389. The van der Waals surface area contributed by atoms with Gasteiger partial charge in [0.05, 0.1) is 17.8 Å². The van der Waals surface area contributed by atoms with Crippen molar-refractivity contribution in [2.45, 2.75) is 38.9 Å². The molecule has 0 atom stereocenters. The first kappa shape index (κ1) is 17.0. The molecule has 2 heterocycles. The SMILES string of the molecule is CC1(C)OB(C(=Cc2cnc(N)c3ccccc23)CO)OC1(C)C. The second-order valence-corrected chi connectivity index (χ2v) is 7.11. The predicted molar refractivity (Wildman–Crippen MR) is 97.3 cm³/mol. The summed E-state index contributed by atoms with van der Waals surface area (Å²) in [5, 5.41) is 11.7. The Morgan fingerprint density at radius 1 is 1.17 bits per heavy atom. The van der Waals surface area contributed by atoms with Gasteiger partial charge in [-0.3, -0.25) is 0 Å². The van der Waals surface area contributed by atoms with E-state index in [1.807, 2.05) is 58.0 Å². The molecule has 0 saturated carbocycles. The van der Waals surface area contributed by atoms with E-state index in [4.69, 9.17) is 15.0 Å². The number of fused-ring (bicyclic) bond motifs is 1. The van der Waals surface area contributed by atoms with Crippen molar-refractivity contribution in [2.24, 2.45) is 0 Å². The van der Waals surface area contributed by atoms with E-state index in [2.05, 4.69) is 4.98 Å². The van der Waals surface area contributed by atoms with Gasteiger partial charge in [0.1, 0.15) is 5.82 Å². The van der Waals surface area contributed by atoms with Crippen molar-refractivity contribution in [1.29, 1.82) is 0 Å². The molecule has 1 fully saturated rings. The van der Waals surface area contributed by atoms with Crippen LogP contribution in [-0.2, 0) is 9.31 Å². The number of hydrogen-bond acceptors (Lipinski definition) is 5. The number of anilines is 1. The van der Waals surface area contributed by atoms with Crippen LogP contribution < -0.4 is 5.73 Å². The molecule has 126 valence electrons. The summed E-state index contributed by atoms with van der Waals surface area (Å²) < 4.78 is 12.1. The highest BCUT2D eigenvalue weighted by Crippen LogP contribution is 2.39. The summed E-state index contributed by atoms with van der Waals surface area (Å²) in [5.41, 5.74) is 6.58. The maximum Gasteiger partial charge on any atom is 0.492 e. The van der Waals surface area contributed by atoms with Gasteiger partial charge in [-0.1, -0.05) is 30.3 Å². The van der Waals surface area contributed by atoms with Crippen LogP contribution in [0.2, 0.25) is 0 Å². The molecule has 0 bridgehead atoms. The Morgan fingerprint density at radius 3 is 2.33 bits per heavy atom. The zero-order valence-electron chi connectivity index (χ0n) is 14.5. The number of aliphatic hydroxyl groups is 1. The standard InChI is InChI=1S/C18H23BN2O3/c1-17(2)18(3,4)24-19(23-17)13(11-22)9-12-10-21-16(20)15-8-6-5-7-14(12)15/h5-10,22H,11H2,1-4H3,(H2,20,21). The van der Waals surface area contributed by atoms with Crippen LogP contribution in [0, 0.1) is 0 Å². The number of aliphatic hydroxyl groups excluding tert-OH is 1. The van der Waals surface area contributed by atoms with E-state index in [0.29, 0.717) is 11.3 Å². The lowest BCUT2D eigenvalue weighted by Gasteiger charge is -2.32. The normalized spacial score (nSPS) is 19.9. The molecule has 0 aliphatic carbocycles. The van der Waals surface area contributed by atoms with Gasteiger partial charge in [0.2, 0.25) is 0 Å². The second-order valence-electron chi connectivity index (χ2n) is 7.11. The molecule has 1 aromatic heterocycles. The van der Waals surface area contributed by atoms with Crippen LogP contribution in [0.4, 0.5) is 5.82 Å². The first-order valence-corrected chi connectivity index (χ1v) is 8.05. The van der Waals surface area contributed by atoms with Crippen LogP contribution >= 0.6 is 0 Å². The third-order valence-corrected chi connectivity index (χ3v) is 4.94. The summed E-state index contributed by atoms with van der Waals surface area (Å²) in [4.78, 5) is 4.25.